The summed E-state index contributed by atoms with van der Waals surface area (Å²) < 4.78 is 5.21. The van der Waals surface area contributed by atoms with Crippen molar-refractivity contribution in [3.8, 4) is 11.1 Å². The van der Waals surface area contributed by atoms with Gasteiger partial charge in [-0.15, -0.1) is 0 Å². The zero-order valence-corrected chi connectivity index (χ0v) is 16.9. The zero-order chi connectivity index (χ0) is 20.0. The Hall–Kier alpha value is -2.72. The molecule has 4 unspecified atom stereocenters. The predicted molar refractivity (Wildman–Crippen MR) is 115 cm³/mol. The SMILES string of the molecule is COC(=O)C1C(c2ccc(-c3cncc4ccccc34)cc2)CC2CCC1N2C. The number of methoxy groups -OCH3 is 1. The molecule has 3 aromatic rings. The third kappa shape index (κ3) is 3.03. The lowest BCUT2D eigenvalue weighted by atomic mass is 9.76. The topological polar surface area (TPSA) is 42.4 Å². The van der Waals surface area contributed by atoms with E-state index in [1.54, 1.807) is 0 Å². The molecule has 4 atom stereocenters. The van der Waals surface area contributed by atoms with E-state index in [1.807, 2.05) is 18.5 Å². The lowest BCUT2D eigenvalue weighted by Gasteiger charge is -2.41. The molecule has 0 radical (unpaired) electrons. The van der Waals surface area contributed by atoms with Crippen molar-refractivity contribution in [1.29, 1.82) is 0 Å². The van der Waals surface area contributed by atoms with Crippen molar-refractivity contribution >= 4 is 16.7 Å². The summed E-state index contributed by atoms with van der Waals surface area (Å²) in [6.07, 6.45) is 7.11. The summed E-state index contributed by atoms with van der Waals surface area (Å²) in [4.78, 5) is 19.5. The first kappa shape index (κ1) is 18.3. The minimum absolute atomic E-state index is 0.0745. The van der Waals surface area contributed by atoms with Gasteiger partial charge < -0.3 is 4.74 Å². The first-order valence-corrected chi connectivity index (χ1v) is 10.4. The van der Waals surface area contributed by atoms with Crippen LogP contribution in [0.4, 0.5) is 0 Å². The highest BCUT2D eigenvalue weighted by molar-refractivity contribution is 5.95. The normalized spacial score (nSPS) is 26.6. The van der Waals surface area contributed by atoms with Crippen molar-refractivity contribution < 1.29 is 9.53 Å². The molecule has 2 aromatic carbocycles. The van der Waals surface area contributed by atoms with Crippen LogP contribution >= 0.6 is 0 Å². The minimum Gasteiger partial charge on any atom is -0.469 e. The van der Waals surface area contributed by atoms with Crippen LogP contribution in [0.15, 0.2) is 60.9 Å². The molecule has 2 bridgehead atoms. The van der Waals surface area contributed by atoms with Gasteiger partial charge in [0.15, 0.2) is 0 Å². The number of benzene rings is 2. The maximum absolute atomic E-state index is 12.7. The number of piperidine rings is 1. The molecule has 2 aliphatic heterocycles. The molecule has 3 heterocycles. The second-order valence-corrected chi connectivity index (χ2v) is 8.39. The van der Waals surface area contributed by atoms with Gasteiger partial charge in [0.1, 0.15) is 0 Å². The fourth-order valence-electron chi connectivity index (χ4n) is 5.52. The van der Waals surface area contributed by atoms with Gasteiger partial charge in [0, 0.05) is 41.3 Å². The van der Waals surface area contributed by atoms with Crippen LogP contribution in [0.3, 0.4) is 0 Å². The van der Waals surface area contributed by atoms with E-state index in [0.717, 1.165) is 29.4 Å². The molecular weight excluding hydrogens is 360 g/mol. The Morgan fingerprint density at radius 3 is 2.66 bits per heavy atom. The van der Waals surface area contributed by atoms with Gasteiger partial charge in [0.05, 0.1) is 13.0 Å². The standard InChI is InChI=1S/C25H26N2O2/c1-27-19-11-12-23(27)24(25(28)29-2)21(13-19)16-7-9-17(10-8-16)22-15-26-14-18-5-3-4-6-20(18)22/h3-10,14-15,19,21,23-24H,11-13H2,1-2H3. The highest BCUT2D eigenvalue weighted by Gasteiger charge is 2.49. The molecule has 1 aromatic heterocycles. The largest absolute Gasteiger partial charge is 0.469 e. The summed E-state index contributed by atoms with van der Waals surface area (Å²) >= 11 is 0. The van der Waals surface area contributed by atoms with Gasteiger partial charge in [-0.3, -0.25) is 14.7 Å². The van der Waals surface area contributed by atoms with Crippen molar-refractivity contribution in [3.63, 3.8) is 0 Å². The number of nitrogens with zero attached hydrogens (tertiary/aromatic N) is 2. The Balaban J connectivity index is 1.50. The number of ether oxygens (including phenoxy) is 1. The van der Waals surface area contributed by atoms with Crippen molar-refractivity contribution in [3.05, 3.63) is 66.5 Å². The summed E-state index contributed by atoms with van der Waals surface area (Å²) in [7, 11) is 3.67. The molecular formula is C25H26N2O2. The van der Waals surface area contributed by atoms with Crippen LogP contribution in [0, 0.1) is 5.92 Å². The summed E-state index contributed by atoms with van der Waals surface area (Å²) in [6, 6.07) is 17.9. The summed E-state index contributed by atoms with van der Waals surface area (Å²) in [5.41, 5.74) is 3.54. The van der Waals surface area contributed by atoms with Gasteiger partial charge in [-0.05, 0) is 42.8 Å². The fourth-order valence-corrected chi connectivity index (χ4v) is 5.52. The van der Waals surface area contributed by atoms with E-state index >= 15 is 0 Å². The van der Waals surface area contributed by atoms with Crippen molar-refractivity contribution in [2.45, 2.75) is 37.3 Å². The fraction of sp³-hybridized carbons (Fsp3) is 0.360. The number of aromatic nitrogens is 1. The molecule has 5 rings (SSSR count). The zero-order valence-electron chi connectivity index (χ0n) is 16.9. The average molecular weight is 386 g/mol. The molecule has 29 heavy (non-hydrogen) atoms. The number of hydrogen-bond donors (Lipinski definition) is 0. The van der Waals surface area contributed by atoms with E-state index in [0.29, 0.717) is 6.04 Å². The number of esters is 1. The molecule has 2 fully saturated rings. The van der Waals surface area contributed by atoms with E-state index in [4.69, 9.17) is 4.74 Å². The molecule has 0 spiro atoms. The molecule has 2 aliphatic rings. The highest BCUT2D eigenvalue weighted by Crippen LogP contribution is 2.46. The molecule has 0 amide bonds. The quantitative estimate of drug-likeness (QED) is 0.615. The summed E-state index contributed by atoms with van der Waals surface area (Å²) in [6.45, 7) is 0. The van der Waals surface area contributed by atoms with E-state index in [2.05, 4.69) is 59.4 Å². The van der Waals surface area contributed by atoms with Crippen LogP contribution in [0.5, 0.6) is 0 Å². The molecule has 2 saturated heterocycles. The number of hydrogen-bond acceptors (Lipinski definition) is 4. The van der Waals surface area contributed by atoms with Gasteiger partial charge in [-0.2, -0.15) is 0 Å². The molecule has 148 valence electrons. The van der Waals surface area contributed by atoms with Crippen LogP contribution in [-0.2, 0) is 9.53 Å². The summed E-state index contributed by atoms with van der Waals surface area (Å²) in [5, 5.41) is 2.35. The Bertz CT molecular complexity index is 1040. The van der Waals surface area contributed by atoms with Crippen LogP contribution in [0.2, 0.25) is 0 Å². The molecule has 4 heteroatoms. The number of rotatable bonds is 3. The van der Waals surface area contributed by atoms with Crippen molar-refractivity contribution in [2.24, 2.45) is 5.92 Å². The van der Waals surface area contributed by atoms with E-state index in [-0.39, 0.29) is 23.8 Å². The maximum atomic E-state index is 12.7. The second-order valence-electron chi connectivity index (χ2n) is 8.39. The molecule has 0 aliphatic carbocycles. The number of carbonyl (C=O) groups is 1. The molecule has 4 nitrogen and oxygen atoms in total. The molecule has 0 saturated carbocycles. The Morgan fingerprint density at radius 1 is 1.07 bits per heavy atom. The summed E-state index contributed by atoms with van der Waals surface area (Å²) in [5.74, 6) is 0.0548. The Labute approximate surface area is 171 Å². The lowest BCUT2D eigenvalue weighted by molar-refractivity contribution is -0.150. The van der Waals surface area contributed by atoms with Gasteiger partial charge in [-0.1, -0.05) is 48.5 Å². The number of pyridine rings is 1. The first-order chi connectivity index (χ1) is 14.2. The van der Waals surface area contributed by atoms with Crippen LogP contribution in [-0.4, -0.2) is 42.1 Å². The Kier molecular flexibility index (Phi) is 4.59. The lowest BCUT2D eigenvalue weighted by Crippen LogP contribution is -2.49. The average Bonchev–Trinajstić information content (AvgIpc) is 3.00. The highest BCUT2D eigenvalue weighted by atomic mass is 16.5. The van der Waals surface area contributed by atoms with Crippen molar-refractivity contribution in [2.75, 3.05) is 14.2 Å². The van der Waals surface area contributed by atoms with Gasteiger partial charge in [0.25, 0.3) is 0 Å². The van der Waals surface area contributed by atoms with Crippen LogP contribution in [0.25, 0.3) is 21.9 Å². The maximum Gasteiger partial charge on any atom is 0.310 e. The second kappa shape index (κ2) is 7.27. The number of carbonyl (C=O) groups excluding carboxylic acids is 1. The smallest absolute Gasteiger partial charge is 0.310 e. The van der Waals surface area contributed by atoms with E-state index in [1.165, 1.54) is 24.5 Å². The van der Waals surface area contributed by atoms with Crippen molar-refractivity contribution in [1.82, 2.24) is 9.88 Å². The van der Waals surface area contributed by atoms with Gasteiger partial charge >= 0.3 is 5.97 Å². The predicted octanol–water partition coefficient (Wildman–Crippen LogP) is 4.64. The minimum atomic E-state index is -0.0891. The van der Waals surface area contributed by atoms with Crippen LogP contribution < -0.4 is 0 Å². The van der Waals surface area contributed by atoms with E-state index in [9.17, 15) is 4.79 Å². The van der Waals surface area contributed by atoms with Crippen LogP contribution in [0.1, 0.15) is 30.7 Å². The monoisotopic (exact) mass is 386 g/mol. The Morgan fingerprint density at radius 2 is 1.86 bits per heavy atom. The van der Waals surface area contributed by atoms with Gasteiger partial charge in [-0.25, -0.2) is 0 Å². The van der Waals surface area contributed by atoms with E-state index < -0.39 is 0 Å². The third-order valence-electron chi connectivity index (χ3n) is 7.06. The third-order valence-corrected chi connectivity index (χ3v) is 7.06. The van der Waals surface area contributed by atoms with Gasteiger partial charge in [0.2, 0.25) is 0 Å². The molecule has 0 N–H and O–H groups in total. The first-order valence-electron chi connectivity index (χ1n) is 10.4. The number of fused-ring (bicyclic) bond motifs is 3.